The molecule has 142 valence electrons. The predicted molar refractivity (Wildman–Crippen MR) is 104 cm³/mol. The van der Waals surface area contributed by atoms with Crippen molar-refractivity contribution in [1.29, 1.82) is 0 Å². The number of ether oxygens (including phenoxy) is 2. The van der Waals surface area contributed by atoms with E-state index in [-0.39, 0.29) is 11.1 Å². The first kappa shape index (κ1) is 18.8. The van der Waals surface area contributed by atoms with E-state index >= 15 is 0 Å². The molecule has 1 aromatic heterocycles. The normalized spacial score (nSPS) is 10.1. The van der Waals surface area contributed by atoms with Gasteiger partial charge in [0.15, 0.2) is 0 Å². The van der Waals surface area contributed by atoms with Gasteiger partial charge in [-0.05, 0) is 36.4 Å². The van der Waals surface area contributed by atoms with Gasteiger partial charge in [0, 0.05) is 18.1 Å². The number of carbonyl (C=O) groups excluding carboxylic acids is 2. The maximum absolute atomic E-state index is 12.4. The Labute approximate surface area is 161 Å². The van der Waals surface area contributed by atoms with Gasteiger partial charge in [-0.25, -0.2) is 14.8 Å². The van der Waals surface area contributed by atoms with Crippen molar-refractivity contribution in [2.75, 3.05) is 24.9 Å². The van der Waals surface area contributed by atoms with Gasteiger partial charge in [-0.1, -0.05) is 12.1 Å². The molecule has 0 saturated carbocycles. The van der Waals surface area contributed by atoms with E-state index < -0.39 is 11.9 Å². The highest BCUT2D eigenvalue weighted by Gasteiger charge is 2.14. The van der Waals surface area contributed by atoms with Crippen LogP contribution in [0.25, 0.3) is 0 Å². The molecule has 1 heterocycles. The Morgan fingerprint density at radius 3 is 2.25 bits per heavy atom. The van der Waals surface area contributed by atoms with E-state index in [2.05, 4.69) is 20.6 Å². The molecule has 1 amide bonds. The van der Waals surface area contributed by atoms with E-state index in [0.717, 1.165) is 11.4 Å². The fourth-order valence-electron chi connectivity index (χ4n) is 2.39. The number of nitrogens with one attached hydrogen (secondary N) is 2. The molecule has 3 rings (SSSR count). The van der Waals surface area contributed by atoms with Gasteiger partial charge in [0.05, 0.1) is 31.0 Å². The zero-order valence-corrected chi connectivity index (χ0v) is 15.3. The zero-order chi connectivity index (χ0) is 19.9. The number of methoxy groups -OCH3 is 2. The molecule has 0 aliphatic rings. The van der Waals surface area contributed by atoms with Crippen molar-refractivity contribution in [3.63, 3.8) is 0 Å². The molecule has 8 nitrogen and oxygen atoms in total. The van der Waals surface area contributed by atoms with Crippen LogP contribution in [-0.4, -0.2) is 36.1 Å². The number of rotatable bonds is 6. The SMILES string of the molecule is COC(=O)c1ccccc1NC(=O)c1cnc(Nc2ccc(OC)cc2)nc1. The molecule has 28 heavy (non-hydrogen) atoms. The minimum atomic E-state index is -0.536. The largest absolute Gasteiger partial charge is 0.497 e. The van der Waals surface area contributed by atoms with Gasteiger partial charge in [0.25, 0.3) is 5.91 Å². The number of carbonyl (C=O) groups is 2. The van der Waals surface area contributed by atoms with Crippen molar-refractivity contribution in [2.45, 2.75) is 0 Å². The highest BCUT2D eigenvalue weighted by atomic mass is 16.5. The molecule has 0 bridgehead atoms. The number of anilines is 3. The highest BCUT2D eigenvalue weighted by Crippen LogP contribution is 2.19. The molecule has 0 radical (unpaired) electrons. The third-order valence-corrected chi connectivity index (χ3v) is 3.84. The molecular formula is C20H18N4O4. The summed E-state index contributed by atoms with van der Waals surface area (Å²) in [5.41, 5.74) is 1.64. The van der Waals surface area contributed by atoms with Crippen LogP contribution in [0.15, 0.2) is 60.9 Å². The lowest BCUT2D eigenvalue weighted by Crippen LogP contribution is -2.16. The van der Waals surface area contributed by atoms with Crippen LogP contribution in [0.1, 0.15) is 20.7 Å². The van der Waals surface area contributed by atoms with Crippen LogP contribution in [0.3, 0.4) is 0 Å². The van der Waals surface area contributed by atoms with Crippen LogP contribution >= 0.6 is 0 Å². The van der Waals surface area contributed by atoms with Gasteiger partial charge in [-0.15, -0.1) is 0 Å². The third kappa shape index (κ3) is 4.42. The first-order valence-electron chi connectivity index (χ1n) is 8.32. The Morgan fingerprint density at radius 1 is 0.929 bits per heavy atom. The van der Waals surface area contributed by atoms with E-state index in [9.17, 15) is 9.59 Å². The van der Waals surface area contributed by atoms with Crippen molar-refractivity contribution in [1.82, 2.24) is 9.97 Å². The second-order valence-corrected chi connectivity index (χ2v) is 5.64. The molecule has 0 aliphatic heterocycles. The van der Waals surface area contributed by atoms with E-state index in [0.29, 0.717) is 11.6 Å². The monoisotopic (exact) mass is 378 g/mol. The quantitative estimate of drug-likeness (QED) is 0.635. The second kappa shape index (κ2) is 8.63. The maximum Gasteiger partial charge on any atom is 0.339 e. The maximum atomic E-state index is 12.4. The number of aromatic nitrogens is 2. The van der Waals surface area contributed by atoms with Crippen molar-refractivity contribution in [3.05, 3.63) is 72.1 Å². The number of amides is 1. The van der Waals surface area contributed by atoms with Gasteiger partial charge in [-0.3, -0.25) is 4.79 Å². The average Bonchev–Trinajstić information content (AvgIpc) is 2.74. The van der Waals surface area contributed by atoms with Gasteiger partial charge in [-0.2, -0.15) is 0 Å². The minimum Gasteiger partial charge on any atom is -0.497 e. The zero-order valence-electron chi connectivity index (χ0n) is 15.3. The van der Waals surface area contributed by atoms with E-state index in [1.54, 1.807) is 31.4 Å². The van der Waals surface area contributed by atoms with Gasteiger partial charge >= 0.3 is 5.97 Å². The summed E-state index contributed by atoms with van der Waals surface area (Å²) in [6.07, 6.45) is 2.80. The summed E-state index contributed by atoms with van der Waals surface area (Å²) in [7, 11) is 2.88. The van der Waals surface area contributed by atoms with E-state index in [1.807, 2.05) is 24.3 Å². The molecule has 0 fully saturated rings. The Hall–Kier alpha value is -3.94. The Morgan fingerprint density at radius 2 is 1.61 bits per heavy atom. The topological polar surface area (TPSA) is 102 Å². The fraction of sp³-hybridized carbons (Fsp3) is 0.100. The summed E-state index contributed by atoms with van der Waals surface area (Å²) in [6.45, 7) is 0. The number of nitrogens with zero attached hydrogens (tertiary/aromatic N) is 2. The third-order valence-electron chi connectivity index (χ3n) is 3.84. The van der Waals surface area contributed by atoms with Crippen LogP contribution in [0.5, 0.6) is 5.75 Å². The standard InChI is InChI=1S/C20H18N4O4/c1-27-15-9-7-14(8-10-15)23-20-21-11-13(12-22-20)18(25)24-17-6-4-3-5-16(17)19(26)28-2/h3-12H,1-2H3,(H,24,25)(H,21,22,23). The molecule has 2 aromatic carbocycles. The summed E-state index contributed by atoms with van der Waals surface area (Å²) in [6, 6.07) is 13.8. The van der Waals surface area contributed by atoms with Crippen molar-refractivity contribution < 1.29 is 19.1 Å². The minimum absolute atomic E-state index is 0.250. The van der Waals surface area contributed by atoms with Crippen LogP contribution in [-0.2, 0) is 4.74 Å². The molecule has 0 spiro atoms. The molecule has 0 aliphatic carbocycles. The Balaban J connectivity index is 1.69. The summed E-state index contributed by atoms with van der Waals surface area (Å²) < 4.78 is 9.83. The van der Waals surface area contributed by atoms with Crippen molar-refractivity contribution in [3.8, 4) is 5.75 Å². The fourth-order valence-corrected chi connectivity index (χ4v) is 2.39. The van der Waals surface area contributed by atoms with Gasteiger partial charge < -0.3 is 20.1 Å². The smallest absolute Gasteiger partial charge is 0.339 e. The number of esters is 1. The Kier molecular flexibility index (Phi) is 5.81. The number of para-hydroxylation sites is 1. The molecule has 8 heteroatoms. The Bertz CT molecular complexity index is 972. The van der Waals surface area contributed by atoms with Gasteiger partial charge in [0.2, 0.25) is 5.95 Å². The number of hydrogen-bond acceptors (Lipinski definition) is 7. The summed E-state index contributed by atoms with van der Waals surface area (Å²) in [5.74, 6) is 0.112. The first-order chi connectivity index (χ1) is 13.6. The summed E-state index contributed by atoms with van der Waals surface area (Å²) in [5, 5.41) is 5.70. The van der Waals surface area contributed by atoms with E-state index in [4.69, 9.17) is 9.47 Å². The van der Waals surface area contributed by atoms with Crippen molar-refractivity contribution in [2.24, 2.45) is 0 Å². The first-order valence-corrected chi connectivity index (χ1v) is 8.32. The van der Waals surface area contributed by atoms with Gasteiger partial charge in [0.1, 0.15) is 5.75 Å². The van der Waals surface area contributed by atoms with Crippen molar-refractivity contribution >= 4 is 29.2 Å². The molecular weight excluding hydrogens is 360 g/mol. The summed E-state index contributed by atoms with van der Waals surface area (Å²) in [4.78, 5) is 32.5. The average molecular weight is 378 g/mol. The lowest BCUT2D eigenvalue weighted by atomic mass is 10.1. The molecule has 2 N–H and O–H groups in total. The van der Waals surface area contributed by atoms with Crippen LogP contribution in [0.4, 0.5) is 17.3 Å². The second-order valence-electron chi connectivity index (χ2n) is 5.64. The lowest BCUT2D eigenvalue weighted by molar-refractivity contribution is 0.0602. The molecule has 0 saturated heterocycles. The lowest BCUT2D eigenvalue weighted by Gasteiger charge is -2.10. The van der Waals surface area contributed by atoms with Crippen LogP contribution in [0.2, 0.25) is 0 Å². The van der Waals surface area contributed by atoms with Crippen LogP contribution < -0.4 is 15.4 Å². The molecule has 0 unspecified atom stereocenters. The van der Waals surface area contributed by atoms with Crippen LogP contribution in [0, 0.1) is 0 Å². The number of benzene rings is 2. The molecule has 0 atom stereocenters. The number of hydrogen-bond donors (Lipinski definition) is 2. The highest BCUT2D eigenvalue weighted by molar-refractivity contribution is 6.07. The van der Waals surface area contributed by atoms with E-state index in [1.165, 1.54) is 19.5 Å². The summed E-state index contributed by atoms with van der Waals surface area (Å²) >= 11 is 0. The molecule has 3 aromatic rings. The predicted octanol–water partition coefficient (Wildman–Crippen LogP) is 3.27.